The number of nitrogens with zero attached hydrogens (tertiary/aromatic N) is 3. The Labute approximate surface area is 185 Å². The number of amides is 1. The summed E-state index contributed by atoms with van der Waals surface area (Å²) in [6, 6.07) is 6.73. The molecule has 0 aliphatic carbocycles. The zero-order valence-electron chi connectivity index (χ0n) is 18.0. The van der Waals surface area contributed by atoms with Crippen LogP contribution in [0.3, 0.4) is 0 Å². The molecule has 0 unspecified atom stereocenters. The number of aromatic nitrogens is 2. The van der Waals surface area contributed by atoms with Crippen molar-refractivity contribution in [3.63, 3.8) is 0 Å². The minimum Gasteiger partial charge on any atom is -0.436 e. The maximum Gasteiger partial charge on any atom is 0.527 e. The van der Waals surface area contributed by atoms with E-state index in [4.69, 9.17) is 16.4 Å². The van der Waals surface area contributed by atoms with Gasteiger partial charge in [-0.15, -0.1) is 5.06 Å². The molecular formula is C21H27ClN4O5. The third kappa shape index (κ3) is 5.17. The van der Waals surface area contributed by atoms with Crippen LogP contribution in [-0.4, -0.2) is 58.1 Å². The van der Waals surface area contributed by atoms with Crippen LogP contribution in [0, 0.1) is 5.41 Å². The predicted molar refractivity (Wildman–Crippen MR) is 114 cm³/mol. The molecule has 1 aliphatic rings. The van der Waals surface area contributed by atoms with Crippen molar-refractivity contribution in [1.29, 1.82) is 0 Å². The minimum atomic E-state index is -0.829. The molecule has 1 aromatic heterocycles. The van der Waals surface area contributed by atoms with Gasteiger partial charge in [0.15, 0.2) is 5.69 Å². The van der Waals surface area contributed by atoms with E-state index >= 15 is 0 Å². The third-order valence-corrected chi connectivity index (χ3v) is 5.44. The summed E-state index contributed by atoms with van der Waals surface area (Å²) in [4.78, 5) is 34.5. The van der Waals surface area contributed by atoms with Gasteiger partial charge >= 0.3 is 6.16 Å². The summed E-state index contributed by atoms with van der Waals surface area (Å²) in [5, 5.41) is 14.6. The molecule has 1 aliphatic heterocycles. The Morgan fingerprint density at radius 1 is 1.26 bits per heavy atom. The largest absolute Gasteiger partial charge is 0.527 e. The maximum atomic E-state index is 13.1. The highest BCUT2D eigenvalue weighted by Crippen LogP contribution is 2.28. The van der Waals surface area contributed by atoms with Crippen molar-refractivity contribution in [2.75, 3.05) is 20.3 Å². The molecule has 1 atom stereocenters. The van der Waals surface area contributed by atoms with E-state index in [1.165, 1.54) is 12.2 Å². The van der Waals surface area contributed by atoms with Crippen molar-refractivity contribution in [3.8, 4) is 11.4 Å². The van der Waals surface area contributed by atoms with E-state index in [1.807, 2.05) is 37.5 Å². The fourth-order valence-electron chi connectivity index (χ4n) is 3.33. The topological polar surface area (TPSA) is 106 Å². The number of hydroxylamine groups is 2. The summed E-state index contributed by atoms with van der Waals surface area (Å²) in [5.74, 6) is 0.212. The van der Waals surface area contributed by atoms with Crippen LogP contribution in [0.15, 0.2) is 24.3 Å². The van der Waals surface area contributed by atoms with Crippen molar-refractivity contribution in [2.45, 2.75) is 39.9 Å². The molecule has 0 radical (unpaired) electrons. The van der Waals surface area contributed by atoms with Gasteiger partial charge in [-0.05, 0) is 29.7 Å². The highest BCUT2D eigenvalue weighted by atomic mass is 35.5. The zero-order chi connectivity index (χ0) is 22.8. The lowest BCUT2D eigenvalue weighted by Crippen LogP contribution is -2.46. The Bertz CT molecular complexity index is 952. The highest BCUT2D eigenvalue weighted by Gasteiger charge is 2.32. The summed E-state index contributed by atoms with van der Waals surface area (Å²) >= 11 is 6.01. The smallest absolute Gasteiger partial charge is 0.436 e. The van der Waals surface area contributed by atoms with E-state index in [0.29, 0.717) is 29.6 Å². The number of carbonyl (C=O) groups is 2. The van der Waals surface area contributed by atoms with Crippen LogP contribution in [-0.2, 0) is 22.7 Å². The Morgan fingerprint density at radius 3 is 2.52 bits per heavy atom. The monoisotopic (exact) mass is 450 g/mol. The second kappa shape index (κ2) is 9.25. The lowest BCUT2D eigenvalue weighted by Gasteiger charge is -2.30. The zero-order valence-corrected chi connectivity index (χ0v) is 18.8. The number of hydrogen-bond acceptors (Lipinski definition) is 7. The van der Waals surface area contributed by atoms with Crippen molar-refractivity contribution >= 4 is 23.7 Å². The van der Waals surface area contributed by atoms with Crippen molar-refractivity contribution in [3.05, 3.63) is 40.7 Å². The maximum absolute atomic E-state index is 13.1. The molecule has 3 rings (SSSR count). The average molecular weight is 451 g/mol. The summed E-state index contributed by atoms with van der Waals surface area (Å²) < 4.78 is 6.50. The van der Waals surface area contributed by atoms with E-state index in [-0.39, 0.29) is 24.3 Å². The number of ether oxygens (including phenoxy) is 1. The molecule has 0 fully saturated rings. The first-order valence-electron chi connectivity index (χ1n) is 9.92. The molecule has 0 spiro atoms. The Kier molecular flexibility index (Phi) is 6.88. The molecule has 1 amide bonds. The van der Waals surface area contributed by atoms with Gasteiger partial charge in [-0.3, -0.25) is 4.79 Å². The average Bonchev–Trinajstić information content (AvgIpc) is 3.10. The molecular weight excluding hydrogens is 424 g/mol. The molecule has 168 valence electrons. The van der Waals surface area contributed by atoms with Crippen LogP contribution >= 0.6 is 11.6 Å². The van der Waals surface area contributed by atoms with Crippen molar-refractivity contribution in [2.24, 2.45) is 5.41 Å². The minimum absolute atomic E-state index is 0.164. The molecule has 1 aromatic carbocycles. The molecule has 2 aromatic rings. The Morgan fingerprint density at radius 2 is 1.94 bits per heavy atom. The third-order valence-electron chi connectivity index (χ3n) is 5.19. The SMILES string of the molecule is COC(=O)ON1CCn2c(-c3ccc(Cl)cc3)nc(C(=O)N[C@H](CO)C(C)(C)C)c2C1. The number of nitrogens with one attached hydrogen (secondary N) is 1. The van der Waals surface area contributed by atoms with Gasteiger partial charge in [-0.25, -0.2) is 9.78 Å². The van der Waals surface area contributed by atoms with E-state index in [2.05, 4.69) is 15.0 Å². The summed E-state index contributed by atoms with van der Waals surface area (Å²) in [5.41, 5.74) is 1.28. The van der Waals surface area contributed by atoms with Crippen LogP contribution in [0.25, 0.3) is 11.4 Å². The number of carbonyl (C=O) groups excluding carboxylic acids is 2. The first kappa shape index (κ1) is 23.1. The summed E-state index contributed by atoms with van der Waals surface area (Å²) in [6.07, 6.45) is -0.829. The molecule has 0 saturated carbocycles. The van der Waals surface area contributed by atoms with E-state index < -0.39 is 18.1 Å². The van der Waals surface area contributed by atoms with Gasteiger partial charge in [-0.2, -0.15) is 0 Å². The number of rotatable bonds is 5. The number of hydrogen-bond donors (Lipinski definition) is 2. The molecule has 10 heteroatoms. The number of halogens is 1. The van der Waals surface area contributed by atoms with Crippen molar-refractivity contribution < 1.29 is 24.3 Å². The molecule has 0 bridgehead atoms. The summed E-state index contributed by atoms with van der Waals surface area (Å²) in [7, 11) is 1.23. The lowest BCUT2D eigenvalue weighted by atomic mass is 9.87. The lowest BCUT2D eigenvalue weighted by molar-refractivity contribution is -0.139. The fraction of sp³-hybridized carbons (Fsp3) is 0.476. The van der Waals surface area contributed by atoms with Gasteiger partial charge in [0.25, 0.3) is 5.91 Å². The molecule has 2 N–H and O–H groups in total. The van der Waals surface area contributed by atoms with Crippen LogP contribution in [0.5, 0.6) is 0 Å². The molecule has 0 saturated heterocycles. The van der Waals surface area contributed by atoms with Gasteiger partial charge in [0, 0.05) is 17.1 Å². The normalized spacial score (nSPS) is 15.2. The highest BCUT2D eigenvalue weighted by molar-refractivity contribution is 6.30. The first-order chi connectivity index (χ1) is 14.6. The molecule has 31 heavy (non-hydrogen) atoms. The van der Waals surface area contributed by atoms with E-state index in [1.54, 1.807) is 12.1 Å². The summed E-state index contributed by atoms with van der Waals surface area (Å²) in [6.45, 7) is 6.62. The van der Waals surface area contributed by atoms with Crippen molar-refractivity contribution in [1.82, 2.24) is 19.9 Å². The van der Waals surface area contributed by atoms with Gasteiger partial charge in [-0.1, -0.05) is 32.4 Å². The number of benzene rings is 1. The van der Waals surface area contributed by atoms with Crippen LogP contribution in [0.2, 0.25) is 5.02 Å². The predicted octanol–water partition coefficient (Wildman–Crippen LogP) is 2.85. The molecule has 2 heterocycles. The quantitative estimate of drug-likeness (QED) is 0.674. The number of fused-ring (bicyclic) bond motifs is 1. The Hall–Kier alpha value is -2.62. The van der Waals surface area contributed by atoms with Gasteiger partial charge in [0.05, 0.1) is 38.5 Å². The number of aliphatic hydroxyl groups excluding tert-OH is 1. The van der Waals surface area contributed by atoms with Gasteiger partial charge in [0.1, 0.15) is 5.82 Å². The molecule has 9 nitrogen and oxygen atoms in total. The number of imidazole rings is 1. The first-order valence-corrected chi connectivity index (χ1v) is 10.3. The van der Waals surface area contributed by atoms with Gasteiger partial charge < -0.3 is 24.6 Å². The standard InChI is InChI=1S/C21H27ClN4O5/c1-21(2,3)16(12-27)23-19(28)17-15-11-25(31-20(29)30-4)9-10-26(15)18(24-17)13-5-7-14(22)8-6-13/h5-8,16,27H,9-12H2,1-4H3,(H,23,28)/t16-/m1/s1. The van der Waals surface area contributed by atoms with Crippen LogP contribution < -0.4 is 5.32 Å². The second-order valence-corrected chi connectivity index (χ2v) is 8.81. The van der Waals surface area contributed by atoms with Crippen LogP contribution in [0.1, 0.15) is 37.0 Å². The number of aliphatic hydroxyl groups is 1. The fourth-order valence-corrected chi connectivity index (χ4v) is 3.46. The Balaban J connectivity index is 1.99. The van der Waals surface area contributed by atoms with Crippen LogP contribution in [0.4, 0.5) is 4.79 Å². The van der Waals surface area contributed by atoms with E-state index in [0.717, 1.165) is 5.56 Å². The second-order valence-electron chi connectivity index (χ2n) is 8.37. The number of methoxy groups -OCH3 is 1. The van der Waals surface area contributed by atoms with Gasteiger partial charge in [0.2, 0.25) is 0 Å². The van der Waals surface area contributed by atoms with E-state index in [9.17, 15) is 14.7 Å².